The number of benzene rings is 1. The van der Waals surface area contributed by atoms with E-state index in [2.05, 4.69) is 5.32 Å². The van der Waals surface area contributed by atoms with Crippen molar-refractivity contribution in [1.29, 1.82) is 0 Å². The Kier molecular flexibility index (Phi) is 3.25. The van der Waals surface area contributed by atoms with E-state index in [0.717, 1.165) is 0 Å². The topological polar surface area (TPSA) is 71.3 Å². The van der Waals surface area contributed by atoms with Crippen LogP contribution in [0.3, 0.4) is 0 Å². The molecule has 19 heavy (non-hydrogen) atoms. The second-order valence-corrected chi connectivity index (χ2v) is 4.29. The summed E-state index contributed by atoms with van der Waals surface area (Å²) in [6, 6.07) is 4.96. The molecule has 0 aliphatic rings. The van der Waals surface area contributed by atoms with Crippen molar-refractivity contribution in [2.75, 3.05) is 0 Å². The zero-order valence-corrected chi connectivity index (χ0v) is 10.5. The van der Waals surface area contributed by atoms with Gasteiger partial charge in [0.15, 0.2) is 0 Å². The zero-order valence-electron chi connectivity index (χ0n) is 10.5. The molecule has 1 aromatic heterocycles. The second-order valence-electron chi connectivity index (χ2n) is 4.29. The van der Waals surface area contributed by atoms with E-state index in [4.69, 9.17) is 5.11 Å². The van der Waals surface area contributed by atoms with Gasteiger partial charge in [0.05, 0.1) is 5.52 Å². The summed E-state index contributed by atoms with van der Waals surface area (Å²) in [5.41, 5.74) is 0.793. The molecule has 0 unspecified atom stereocenters. The fourth-order valence-electron chi connectivity index (χ4n) is 1.87. The molecule has 1 amide bonds. The highest BCUT2D eigenvalue weighted by Gasteiger charge is 2.19. The Labute approximate surface area is 108 Å². The highest BCUT2D eigenvalue weighted by atomic mass is 19.1. The number of hydrogen-bond acceptors (Lipinski definition) is 2. The quantitative estimate of drug-likeness (QED) is 0.883. The first-order valence-electron chi connectivity index (χ1n) is 5.69. The van der Waals surface area contributed by atoms with Gasteiger partial charge in [0, 0.05) is 12.4 Å². The van der Waals surface area contributed by atoms with Crippen molar-refractivity contribution in [3.05, 3.63) is 35.8 Å². The van der Waals surface area contributed by atoms with Crippen molar-refractivity contribution in [2.24, 2.45) is 7.05 Å². The highest BCUT2D eigenvalue weighted by Crippen LogP contribution is 2.21. The first kappa shape index (κ1) is 13.1. The number of aryl methyl sites for hydroxylation is 1. The van der Waals surface area contributed by atoms with Gasteiger partial charge in [0.25, 0.3) is 5.91 Å². The van der Waals surface area contributed by atoms with E-state index in [0.29, 0.717) is 10.9 Å². The van der Waals surface area contributed by atoms with Crippen molar-refractivity contribution in [1.82, 2.24) is 9.88 Å². The van der Waals surface area contributed by atoms with Crippen LogP contribution >= 0.6 is 0 Å². The smallest absolute Gasteiger partial charge is 0.325 e. The number of nitrogens with zero attached hydrogens (tertiary/aromatic N) is 1. The standard InChI is InChI=1S/C13H13FN2O3/c1-7(13(18)19)15-12(17)11-6-8-9(14)4-3-5-10(8)16(11)2/h3-7H,1-2H3,(H,15,17)(H,18,19)/t7-/m0/s1. The summed E-state index contributed by atoms with van der Waals surface area (Å²) < 4.78 is 15.1. The van der Waals surface area contributed by atoms with Gasteiger partial charge < -0.3 is 15.0 Å². The number of carbonyl (C=O) groups excluding carboxylic acids is 1. The molecule has 6 heteroatoms. The molecule has 0 radical (unpaired) electrons. The highest BCUT2D eigenvalue weighted by molar-refractivity contribution is 6.00. The van der Waals surface area contributed by atoms with Crippen LogP contribution in [-0.2, 0) is 11.8 Å². The maximum atomic E-state index is 13.6. The van der Waals surface area contributed by atoms with Crippen LogP contribution in [0.5, 0.6) is 0 Å². The van der Waals surface area contributed by atoms with Crippen LogP contribution in [0.1, 0.15) is 17.4 Å². The van der Waals surface area contributed by atoms with Gasteiger partial charge in [0.1, 0.15) is 17.6 Å². The van der Waals surface area contributed by atoms with E-state index in [1.807, 2.05) is 0 Å². The molecular weight excluding hydrogens is 251 g/mol. The molecule has 0 spiro atoms. The number of aromatic nitrogens is 1. The van der Waals surface area contributed by atoms with Crippen LogP contribution in [0, 0.1) is 5.82 Å². The number of halogens is 1. The van der Waals surface area contributed by atoms with Crippen LogP contribution in [0.4, 0.5) is 4.39 Å². The molecule has 0 aliphatic heterocycles. The predicted molar refractivity (Wildman–Crippen MR) is 67.4 cm³/mol. The Hall–Kier alpha value is -2.37. The third-order valence-corrected chi connectivity index (χ3v) is 2.98. The summed E-state index contributed by atoms with van der Waals surface area (Å²) in [6.45, 7) is 1.36. The van der Waals surface area contributed by atoms with Crippen LogP contribution in [0.25, 0.3) is 10.9 Å². The molecule has 2 N–H and O–H groups in total. The summed E-state index contributed by atoms with van der Waals surface area (Å²) in [7, 11) is 1.63. The van der Waals surface area contributed by atoms with Crippen LogP contribution in [-0.4, -0.2) is 27.6 Å². The summed E-state index contributed by atoms with van der Waals surface area (Å²) >= 11 is 0. The summed E-state index contributed by atoms with van der Waals surface area (Å²) in [5, 5.41) is 11.4. The van der Waals surface area contributed by atoms with Gasteiger partial charge >= 0.3 is 5.97 Å². The van der Waals surface area contributed by atoms with Crippen molar-refractivity contribution in [2.45, 2.75) is 13.0 Å². The number of carboxylic acid groups (broad SMARTS) is 1. The minimum Gasteiger partial charge on any atom is -0.480 e. The number of carbonyl (C=O) groups is 2. The number of rotatable bonds is 3. The van der Waals surface area contributed by atoms with E-state index in [1.54, 1.807) is 19.2 Å². The molecule has 0 saturated heterocycles. The predicted octanol–water partition coefficient (Wildman–Crippen LogP) is 1.52. The Balaban J connectivity index is 2.41. The van der Waals surface area contributed by atoms with Crippen molar-refractivity contribution in [3.63, 3.8) is 0 Å². The van der Waals surface area contributed by atoms with E-state index < -0.39 is 23.7 Å². The van der Waals surface area contributed by atoms with E-state index in [-0.39, 0.29) is 5.69 Å². The lowest BCUT2D eigenvalue weighted by Crippen LogP contribution is -2.39. The molecule has 2 rings (SSSR count). The summed E-state index contributed by atoms with van der Waals surface area (Å²) in [4.78, 5) is 22.6. The van der Waals surface area contributed by atoms with Gasteiger partial charge in [-0.15, -0.1) is 0 Å². The number of aliphatic carboxylic acids is 1. The molecule has 5 nitrogen and oxygen atoms in total. The number of carboxylic acids is 1. The minimum absolute atomic E-state index is 0.216. The maximum absolute atomic E-state index is 13.6. The molecular formula is C13H13FN2O3. The Morgan fingerprint density at radius 1 is 1.42 bits per heavy atom. The molecule has 1 aromatic carbocycles. The van der Waals surface area contributed by atoms with Gasteiger partial charge in [-0.3, -0.25) is 9.59 Å². The summed E-state index contributed by atoms with van der Waals surface area (Å²) in [6.07, 6.45) is 0. The average Bonchev–Trinajstić information content (AvgIpc) is 2.68. The fourth-order valence-corrected chi connectivity index (χ4v) is 1.87. The van der Waals surface area contributed by atoms with E-state index in [9.17, 15) is 14.0 Å². The lowest BCUT2D eigenvalue weighted by Gasteiger charge is -2.09. The Morgan fingerprint density at radius 2 is 2.11 bits per heavy atom. The second kappa shape index (κ2) is 4.72. The first-order valence-corrected chi connectivity index (χ1v) is 5.69. The average molecular weight is 264 g/mol. The Bertz CT molecular complexity index is 663. The largest absolute Gasteiger partial charge is 0.480 e. The van der Waals surface area contributed by atoms with Gasteiger partial charge in [0.2, 0.25) is 0 Å². The van der Waals surface area contributed by atoms with E-state index >= 15 is 0 Å². The van der Waals surface area contributed by atoms with Gasteiger partial charge in [-0.05, 0) is 25.1 Å². The van der Waals surface area contributed by atoms with Crippen LogP contribution in [0.15, 0.2) is 24.3 Å². The Morgan fingerprint density at radius 3 is 2.68 bits per heavy atom. The monoisotopic (exact) mass is 264 g/mol. The zero-order chi connectivity index (χ0) is 14.2. The fraction of sp³-hybridized carbons (Fsp3) is 0.231. The number of fused-ring (bicyclic) bond motifs is 1. The first-order chi connectivity index (χ1) is 8.91. The lowest BCUT2D eigenvalue weighted by atomic mass is 10.2. The molecule has 2 aromatic rings. The van der Waals surface area contributed by atoms with Crippen molar-refractivity contribution < 1.29 is 19.1 Å². The third-order valence-electron chi connectivity index (χ3n) is 2.98. The van der Waals surface area contributed by atoms with Crippen LogP contribution in [0.2, 0.25) is 0 Å². The van der Waals surface area contributed by atoms with Crippen molar-refractivity contribution in [3.8, 4) is 0 Å². The third kappa shape index (κ3) is 2.29. The molecule has 0 fully saturated rings. The summed E-state index contributed by atoms with van der Waals surface area (Å²) in [5.74, 6) is -2.09. The van der Waals surface area contributed by atoms with Gasteiger partial charge in [-0.1, -0.05) is 6.07 Å². The van der Waals surface area contributed by atoms with E-state index in [1.165, 1.54) is 23.6 Å². The molecule has 100 valence electrons. The molecule has 0 saturated carbocycles. The molecule has 0 aliphatic carbocycles. The van der Waals surface area contributed by atoms with Gasteiger partial charge in [-0.2, -0.15) is 0 Å². The molecule has 1 heterocycles. The van der Waals surface area contributed by atoms with Gasteiger partial charge in [-0.25, -0.2) is 4.39 Å². The molecule has 0 bridgehead atoms. The maximum Gasteiger partial charge on any atom is 0.325 e. The SMILES string of the molecule is C[C@H](NC(=O)c1cc2c(F)cccc2n1C)C(=O)O. The normalized spacial score (nSPS) is 12.4. The lowest BCUT2D eigenvalue weighted by molar-refractivity contribution is -0.138. The minimum atomic E-state index is -1.13. The van der Waals surface area contributed by atoms with Crippen molar-refractivity contribution >= 4 is 22.8 Å². The number of nitrogens with one attached hydrogen (secondary N) is 1. The van der Waals surface area contributed by atoms with Crippen LogP contribution < -0.4 is 5.32 Å². The molecule has 1 atom stereocenters. The number of hydrogen-bond donors (Lipinski definition) is 2. The number of amides is 1.